The number of pyridine rings is 1. The van der Waals surface area contributed by atoms with Gasteiger partial charge in [-0.3, -0.25) is 9.59 Å². The van der Waals surface area contributed by atoms with Crippen LogP contribution in [-0.2, 0) is 12.4 Å². The molecule has 2 heterocycles. The lowest BCUT2D eigenvalue weighted by atomic mass is 10.0. The number of nitrogens with one attached hydrogen (secondary N) is 1. The Hall–Kier alpha value is -4.48. The van der Waals surface area contributed by atoms with Gasteiger partial charge in [-0.25, -0.2) is 9.97 Å². The van der Waals surface area contributed by atoms with Crippen LogP contribution in [0.2, 0.25) is 0 Å². The molecule has 1 atom stereocenters. The summed E-state index contributed by atoms with van der Waals surface area (Å²) < 4.78 is 80.2. The Morgan fingerprint density at radius 1 is 1.08 bits per heavy atom. The van der Waals surface area contributed by atoms with Crippen molar-refractivity contribution >= 4 is 11.8 Å². The SMILES string of the molecule is Cc1nc([C@H](C)NC(=O)c2cc(C(F)(F)F)cc(C(F)(F)F)c2)n(-c2ccc(C(=O)N(C)CC#N)cn2)n1. The van der Waals surface area contributed by atoms with Gasteiger partial charge in [-0.05, 0) is 44.2 Å². The van der Waals surface area contributed by atoms with Crippen molar-refractivity contribution in [3.05, 3.63) is 70.4 Å². The summed E-state index contributed by atoms with van der Waals surface area (Å²) in [6, 6.07) is 4.24. The first-order chi connectivity index (χ1) is 17.6. The number of hydrogen-bond donors (Lipinski definition) is 1. The third-order valence-corrected chi connectivity index (χ3v) is 5.19. The van der Waals surface area contributed by atoms with Crippen LogP contribution in [0.3, 0.4) is 0 Å². The Bertz CT molecular complexity index is 1360. The van der Waals surface area contributed by atoms with Crippen LogP contribution in [0.1, 0.15) is 56.5 Å². The van der Waals surface area contributed by atoms with Crippen LogP contribution in [0.4, 0.5) is 26.3 Å². The largest absolute Gasteiger partial charge is 0.416 e. The molecule has 9 nitrogen and oxygen atoms in total. The summed E-state index contributed by atoms with van der Waals surface area (Å²) >= 11 is 0. The molecule has 0 aliphatic carbocycles. The van der Waals surface area contributed by atoms with E-state index in [0.29, 0.717) is 12.1 Å². The second-order valence-electron chi connectivity index (χ2n) is 8.14. The number of alkyl halides is 6. The molecule has 15 heteroatoms. The maximum absolute atomic E-state index is 13.2. The van der Waals surface area contributed by atoms with E-state index in [0.717, 1.165) is 0 Å². The summed E-state index contributed by atoms with van der Waals surface area (Å²) in [7, 11) is 1.44. The summed E-state index contributed by atoms with van der Waals surface area (Å²) in [4.78, 5) is 34.5. The van der Waals surface area contributed by atoms with Crippen molar-refractivity contribution in [2.75, 3.05) is 13.6 Å². The third kappa shape index (κ3) is 6.25. The fourth-order valence-corrected chi connectivity index (χ4v) is 3.35. The smallest absolute Gasteiger partial charge is 0.342 e. The van der Waals surface area contributed by atoms with Gasteiger partial charge in [0.05, 0.1) is 28.8 Å². The quantitative estimate of drug-likeness (QED) is 0.373. The van der Waals surface area contributed by atoms with E-state index in [1.54, 1.807) is 0 Å². The Kier molecular flexibility index (Phi) is 7.75. The van der Waals surface area contributed by atoms with Gasteiger partial charge >= 0.3 is 12.4 Å². The fraction of sp³-hybridized carbons (Fsp3) is 0.304. The van der Waals surface area contributed by atoms with Crippen molar-refractivity contribution in [3.63, 3.8) is 0 Å². The topological polar surface area (TPSA) is 117 Å². The first-order valence-corrected chi connectivity index (χ1v) is 10.7. The molecule has 200 valence electrons. The molecule has 3 aromatic rings. The molecule has 2 amide bonds. The summed E-state index contributed by atoms with van der Waals surface area (Å²) in [5, 5.41) is 15.2. The fourth-order valence-electron chi connectivity index (χ4n) is 3.35. The first kappa shape index (κ1) is 28.1. The van der Waals surface area contributed by atoms with Crippen molar-refractivity contribution < 1.29 is 35.9 Å². The Morgan fingerprint density at radius 2 is 1.68 bits per heavy atom. The van der Waals surface area contributed by atoms with Crippen LogP contribution in [-0.4, -0.2) is 50.1 Å². The molecule has 2 aromatic heterocycles. The lowest BCUT2D eigenvalue weighted by molar-refractivity contribution is -0.143. The molecular formula is C23H19F6N7O2. The lowest BCUT2D eigenvalue weighted by Crippen LogP contribution is -2.29. The minimum absolute atomic E-state index is 0.0711. The van der Waals surface area contributed by atoms with Crippen LogP contribution >= 0.6 is 0 Å². The van der Waals surface area contributed by atoms with Crippen molar-refractivity contribution in [2.24, 2.45) is 0 Å². The highest BCUT2D eigenvalue weighted by atomic mass is 19.4. The first-order valence-electron chi connectivity index (χ1n) is 10.7. The van der Waals surface area contributed by atoms with E-state index in [1.165, 1.54) is 48.8 Å². The van der Waals surface area contributed by atoms with E-state index in [-0.39, 0.29) is 35.6 Å². The van der Waals surface area contributed by atoms with Crippen LogP contribution in [0.25, 0.3) is 5.82 Å². The number of benzene rings is 1. The Morgan fingerprint density at radius 3 is 2.18 bits per heavy atom. The second-order valence-corrected chi connectivity index (χ2v) is 8.14. The van der Waals surface area contributed by atoms with E-state index in [2.05, 4.69) is 20.4 Å². The van der Waals surface area contributed by atoms with E-state index in [9.17, 15) is 35.9 Å². The van der Waals surface area contributed by atoms with E-state index in [1.807, 2.05) is 6.07 Å². The second kappa shape index (κ2) is 10.5. The van der Waals surface area contributed by atoms with Crippen LogP contribution < -0.4 is 5.32 Å². The van der Waals surface area contributed by atoms with Crippen LogP contribution in [0, 0.1) is 18.3 Å². The lowest BCUT2D eigenvalue weighted by Gasteiger charge is -2.17. The number of carbonyl (C=O) groups is 2. The molecule has 0 aliphatic heterocycles. The maximum Gasteiger partial charge on any atom is 0.416 e. The predicted molar refractivity (Wildman–Crippen MR) is 119 cm³/mol. The molecule has 38 heavy (non-hydrogen) atoms. The van der Waals surface area contributed by atoms with Gasteiger partial charge in [0.15, 0.2) is 11.6 Å². The number of nitriles is 1. The predicted octanol–water partition coefficient (Wildman–Crippen LogP) is 4.09. The Balaban J connectivity index is 1.89. The molecule has 1 aromatic carbocycles. The molecule has 0 radical (unpaired) electrons. The van der Waals surface area contributed by atoms with Gasteiger partial charge in [0.25, 0.3) is 11.8 Å². The highest BCUT2D eigenvalue weighted by Gasteiger charge is 2.37. The number of hydrogen-bond acceptors (Lipinski definition) is 6. The number of aryl methyl sites for hydroxylation is 1. The van der Waals surface area contributed by atoms with Gasteiger partial charge in [0, 0.05) is 18.8 Å². The van der Waals surface area contributed by atoms with Gasteiger partial charge in [-0.2, -0.15) is 36.3 Å². The molecule has 0 bridgehead atoms. The molecule has 0 saturated heterocycles. The zero-order valence-corrected chi connectivity index (χ0v) is 20.0. The Labute approximate surface area is 211 Å². The van der Waals surface area contributed by atoms with Crippen molar-refractivity contribution in [1.29, 1.82) is 5.26 Å². The molecule has 0 saturated carbocycles. The summed E-state index contributed by atoms with van der Waals surface area (Å²) in [6.07, 6.45) is -8.99. The highest BCUT2D eigenvalue weighted by Crippen LogP contribution is 2.36. The zero-order chi connectivity index (χ0) is 28.4. The molecule has 0 spiro atoms. The van der Waals surface area contributed by atoms with Crippen molar-refractivity contribution in [2.45, 2.75) is 32.2 Å². The third-order valence-electron chi connectivity index (χ3n) is 5.19. The minimum Gasteiger partial charge on any atom is -0.342 e. The zero-order valence-electron chi connectivity index (χ0n) is 20.0. The van der Waals surface area contributed by atoms with Crippen molar-refractivity contribution in [1.82, 2.24) is 30.0 Å². The number of halogens is 6. The van der Waals surface area contributed by atoms with Crippen LogP contribution in [0.5, 0.6) is 0 Å². The molecular weight excluding hydrogens is 520 g/mol. The summed E-state index contributed by atoms with van der Waals surface area (Å²) in [5.41, 5.74) is -3.91. The van der Waals surface area contributed by atoms with E-state index >= 15 is 0 Å². The highest BCUT2D eigenvalue weighted by molar-refractivity contribution is 5.95. The summed E-state index contributed by atoms with van der Waals surface area (Å²) in [5.74, 6) is -1.18. The number of carbonyl (C=O) groups excluding carboxylic acids is 2. The maximum atomic E-state index is 13.2. The van der Waals surface area contributed by atoms with E-state index in [4.69, 9.17) is 5.26 Å². The average molecular weight is 539 g/mol. The molecule has 0 unspecified atom stereocenters. The van der Waals surface area contributed by atoms with Crippen molar-refractivity contribution in [3.8, 4) is 11.9 Å². The summed E-state index contributed by atoms with van der Waals surface area (Å²) in [6.45, 7) is 2.79. The number of amides is 2. The van der Waals surface area contributed by atoms with Crippen LogP contribution in [0.15, 0.2) is 36.5 Å². The number of aromatic nitrogens is 4. The number of nitrogens with zero attached hydrogens (tertiary/aromatic N) is 6. The van der Waals surface area contributed by atoms with Gasteiger partial charge in [-0.1, -0.05) is 0 Å². The minimum atomic E-state index is -5.11. The molecule has 0 aliphatic rings. The normalized spacial score (nSPS) is 12.5. The number of rotatable bonds is 6. The molecule has 3 rings (SSSR count). The monoisotopic (exact) mass is 539 g/mol. The van der Waals surface area contributed by atoms with Gasteiger partial charge in [0.2, 0.25) is 0 Å². The van der Waals surface area contributed by atoms with E-state index < -0.39 is 46.9 Å². The van der Waals surface area contributed by atoms with Gasteiger partial charge in [0.1, 0.15) is 12.4 Å². The average Bonchev–Trinajstić information content (AvgIpc) is 3.24. The molecule has 1 N–H and O–H groups in total. The van der Waals surface area contributed by atoms with Gasteiger partial charge < -0.3 is 10.2 Å². The van der Waals surface area contributed by atoms with Gasteiger partial charge in [-0.15, -0.1) is 5.10 Å². The standard InChI is InChI=1S/C23H19F6N7O2/c1-12(32-20(37)15-8-16(22(24,25)26)10-17(9-15)23(27,28)29)19-33-13(2)34-36(19)18-5-4-14(11-31-18)21(38)35(3)7-6-30/h4-5,8-12H,7H2,1-3H3,(H,32,37)/t12-/m0/s1. The molecule has 0 fully saturated rings.